The molecule has 80 valence electrons. The van der Waals surface area contributed by atoms with E-state index in [0.717, 1.165) is 12.0 Å². The van der Waals surface area contributed by atoms with Gasteiger partial charge in [-0.3, -0.25) is 4.79 Å². The summed E-state index contributed by atoms with van der Waals surface area (Å²) >= 11 is 0. The summed E-state index contributed by atoms with van der Waals surface area (Å²) in [5.41, 5.74) is 7.34. The van der Waals surface area contributed by atoms with Crippen molar-refractivity contribution in [1.82, 2.24) is 0 Å². The van der Waals surface area contributed by atoms with Crippen LogP contribution in [-0.2, 0) is 11.2 Å². The van der Waals surface area contributed by atoms with Gasteiger partial charge in [-0.25, -0.2) is 0 Å². The van der Waals surface area contributed by atoms with E-state index in [9.17, 15) is 4.79 Å². The molecule has 1 amide bonds. The first-order chi connectivity index (χ1) is 7.08. The molecule has 1 rings (SSSR count). The molecule has 0 heterocycles. The van der Waals surface area contributed by atoms with Gasteiger partial charge in [0.1, 0.15) is 0 Å². The SMILES string of the molecule is CC(C)Cc1cccc(C=CC(N)=O)c1. The Morgan fingerprint density at radius 2 is 2.20 bits per heavy atom. The monoisotopic (exact) mass is 203 g/mol. The molecule has 0 aliphatic rings. The third kappa shape index (κ3) is 4.45. The van der Waals surface area contributed by atoms with Crippen LogP contribution in [-0.4, -0.2) is 5.91 Å². The average Bonchev–Trinajstić information content (AvgIpc) is 2.14. The molecule has 0 spiro atoms. The van der Waals surface area contributed by atoms with Crippen molar-refractivity contribution >= 4 is 12.0 Å². The second kappa shape index (κ2) is 5.35. The smallest absolute Gasteiger partial charge is 0.241 e. The lowest BCUT2D eigenvalue weighted by atomic mass is 10.0. The molecule has 15 heavy (non-hydrogen) atoms. The molecule has 0 radical (unpaired) electrons. The first-order valence-electron chi connectivity index (χ1n) is 5.14. The number of amides is 1. The van der Waals surface area contributed by atoms with Crippen LogP contribution in [0.2, 0.25) is 0 Å². The van der Waals surface area contributed by atoms with Gasteiger partial charge in [-0.1, -0.05) is 38.1 Å². The molecule has 2 heteroatoms. The molecule has 0 saturated heterocycles. The maximum absolute atomic E-state index is 10.6. The van der Waals surface area contributed by atoms with Gasteiger partial charge in [0.25, 0.3) is 0 Å². The van der Waals surface area contributed by atoms with Gasteiger partial charge in [-0.05, 0) is 29.5 Å². The largest absolute Gasteiger partial charge is 0.366 e. The summed E-state index contributed by atoms with van der Waals surface area (Å²) < 4.78 is 0. The van der Waals surface area contributed by atoms with E-state index in [1.54, 1.807) is 6.08 Å². The first-order valence-corrected chi connectivity index (χ1v) is 5.14. The topological polar surface area (TPSA) is 43.1 Å². The molecule has 1 aromatic carbocycles. The summed E-state index contributed by atoms with van der Waals surface area (Å²) in [7, 11) is 0. The maximum atomic E-state index is 10.6. The minimum atomic E-state index is -0.413. The van der Waals surface area contributed by atoms with E-state index >= 15 is 0 Å². The minimum Gasteiger partial charge on any atom is -0.366 e. The predicted octanol–water partition coefficient (Wildman–Crippen LogP) is 2.38. The van der Waals surface area contributed by atoms with Gasteiger partial charge in [-0.2, -0.15) is 0 Å². The number of primary amides is 1. The summed E-state index contributed by atoms with van der Waals surface area (Å²) in [6.45, 7) is 4.37. The van der Waals surface area contributed by atoms with Gasteiger partial charge in [0.2, 0.25) is 5.91 Å². The lowest BCUT2D eigenvalue weighted by Gasteiger charge is -2.05. The van der Waals surface area contributed by atoms with Crippen molar-refractivity contribution in [2.45, 2.75) is 20.3 Å². The van der Waals surface area contributed by atoms with Crippen LogP contribution in [0.25, 0.3) is 6.08 Å². The normalized spacial score (nSPS) is 11.1. The molecular weight excluding hydrogens is 186 g/mol. The average molecular weight is 203 g/mol. The zero-order chi connectivity index (χ0) is 11.3. The standard InChI is InChI=1S/C13H17NO/c1-10(2)8-12-5-3-4-11(9-12)6-7-13(14)15/h3-7,9-10H,8H2,1-2H3,(H2,14,15). The molecule has 0 bridgehead atoms. The number of rotatable bonds is 4. The number of carbonyl (C=O) groups is 1. The Morgan fingerprint density at radius 3 is 2.80 bits per heavy atom. The van der Waals surface area contributed by atoms with E-state index in [1.807, 2.05) is 12.1 Å². The second-order valence-corrected chi connectivity index (χ2v) is 4.08. The molecule has 0 aliphatic carbocycles. The van der Waals surface area contributed by atoms with Crippen LogP contribution < -0.4 is 5.73 Å². The Morgan fingerprint density at radius 1 is 1.47 bits per heavy atom. The molecule has 2 N–H and O–H groups in total. The number of hydrogen-bond donors (Lipinski definition) is 1. The Kier molecular flexibility index (Phi) is 4.10. The quantitative estimate of drug-likeness (QED) is 0.750. The van der Waals surface area contributed by atoms with Crippen molar-refractivity contribution in [1.29, 1.82) is 0 Å². The summed E-state index contributed by atoms with van der Waals surface area (Å²) in [4.78, 5) is 10.6. The van der Waals surface area contributed by atoms with Gasteiger partial charge in [-0.15, -0.1) is 0 Å². The van der Waals surface area contributed by atoms with Crippen molar-refractivity contribution in [2.24, 2.45) is 11.7 Å². The van der Waals surface area contributed by atoms with Crippen LogP contribution >= 0.6 is 0 Å². The summed E-state index contributed by atoms with van der Waals surface area (Å²) in [5.74, 6) is 0.227. The Hall–Kier alpha value is -1.57. The Labute approximate surface area is 90.8 Å². The van der Waals surface area contributed by atoms with Crippen molar-refractivity contribution in [3.05, 3.63) is 41.5 Å². The number of benzene rings is 1. The van der Waals surface area contributed by atoms with Crippen LogP contribution in [0.3, 0.4) is 0 Å². The van der Waals surface area contributed by atoms with Crippen LogP contribution in [0.4, 0.5) is 0 Å². The highest BCUT2D eigenvalue weighted by Gasteiger charge is 1.97. The van der Waals surface area contributed by atoms with Gasteiger partial charge in [0.05, 0.1) is 0 Å². The maximum Gasteiger partial charge on any atom is 0.241 e. The van der Waals surface area contributed by atoms with Crippen molar-refractivity contribution in [2.75, 3.05) is 0 Å². The number of nitrogens with two attached hydrogens (primary N) is 1. The molecule has 2 nitrogen and oxygen atoms in total. The minimum absolute atomic E-state index is 0.413. The third-order valence-electron chi connectivity index (χ3n) is 2.04. The van der Waals surface area contributed by atoms with Gasteiger partial charge in [0, 0.05) is 6.08 Å². The molecule has 0 unspecified atom stereocenters. The summed E-state index contributed by atoms with van der Waals surface area (Å²) in [5, 5.41) is 0. The predicted molar refractivity (Wildman–Crippen MR) is 63.2 cm³/mol. The van der Waals surface area contributed by atoms with Gasteiger partial charge in [0.15, 0.2) is 0 Å². The van der Waals surface area contributed by atoms with E-state index in [-0.39, 0.29) is 0 Å². The van der Waals surface area contributed by atoms with Crippen molar-refractivity contribution in [3.63, 3.8) is 0 Å². The molecule has 0 saturated carbocycles. The highest BCUT2D eigenvalue weighted by Crippen LogP contribution is 2.11. The van der Waals surface area contributed by atoms with E-state index < -0.39 is 5.91 Å². The zero-order valence-electron chi connectivity index (χ0n) is 9.23. The zero-order valence-corrected chi connectivity index (χ0v) is 9.23. The van der Waals surface area contributed by atoms with E-state index in [2.05, 4.69) is 26.0 Å². The van der Waals surface area contributed by atoms with E-state index in [1.165, 1.54) is 11.6 Å². The van der Waals surface area contributed by atoms with Crippen LogP contribution in [0.1, 0.15) is 25.0 Å². The van der Waals surface area contributed by atoms with Crippen LogP contribution in [0, 0.1) is 5.92 Å². The second-order valence-electron chi connectivity index (χ2n) is 4.08. The van der Waals surface area contributed by atoms with Crippen molar-refractivity contribution in [3.8, 4) is 0 Å². The molecule has 0 atom stereocenters. The van der Waals surface area contributed by atoms with Crippen LogP contribution in [0.5, 0.6) is 0 Å². The fourth-order valence-corrected chi connectivity index (χ4v) is 1.47. The molecule has 1 aromatic rings. The van der Waals surface area contributed by atoms with Crippen LogP contribution in [0.15, 0.2) is 30.3 Å². The fraction of sp³-hybridized carbons (Fsp3) is 0.308. The lowest BCUT2D eigenvalue weighted by molar-refractivity contribution is -0.113. The van der Waals surface area contributed by atoms with Gasteiger partial charge < -0.3 is 5.73 Å². The highest BCUT2D eigenvalue weighted by molar-refractivity contribution is 5.90. The Bertz CT molecular complexity index is 367. The highest BCUT2D eigenvalue weighted by atomic mass is 16.1. The lowest BCUT2D eigenvalue weighted by Crippen LogP contribution is -2.05. The van der Waals surface area contributed by atoms with E-state index in [4.69, 9.17) is 5.73 Å². The Balaban J connectivity index is 2.78. The fourth-order valence-electron chi connectivity index (χ4n) is 1.47. The third-order valence-corrected chi connectivity index (χ3v) is 2.04. The number of hydrogen-bond acceptors (Lipinski definition) is 1. The van der Waals surface area contributed by atoms with E-state index in [0.29, 0.717) is 5.92 Å². The molecule has 0 aliphatic heterocycles. The molecular formula is C13H17NO. The summed E-state index contributed by atoms with van der Waals surface area (Å²) in [6.07, 6.45) is 4.18. The van der Waals surface area contributed by atoms with Crippen molar-refractivity contribution < 1.29 is 4.79 Å². The molecule has 0 fully saturated rings. The molecule has 0 aromatic heterocycles. The van der Waals surface area contributed by atoms with Gasteiger partial charge >= 0.3 is 0 Å². The first kappa shape index (κ1) is 11.5. The summed E-state index contributed by atoms with van der Waals surface area (Å²) in [6, 6.07) is 8.14. The number of carbonyl (C=O) groups excluding carboxylic acids is 1.